The van der Waals surface area contributed by atoms with Crippen LogP contribution in [0, 0.1) is 5.82 Å². The zero-order valence-corrected chi connectivity index (χ0v) is 11.7. The Labute approximate surface area is 132 Å². The van der Waals surface area contributed by atoms with E-state index in [4.69, 9.17) is 4.74 Å². The van der Waals surface area contributed by atoms with Gasteiger partial charge in [0.2, 0.25) is 11.5 Å². The van der Waals surface area contributed by atoms with Crippen LogP contribution >= 0.6 is 0 Å². The largest absolute Gasteiger partial charge is 0.504 e. The number of allylic oxidation sites excluding steroid dienone is 1. The Bertz CT molecular complexity index is 884. The number of rotatable bonds is 1. The topological polar surface area (TPSA) is 66.8 Å². The number of ether oxygens (including phenoxy) is 1. The summed E-state index contributed by atoms with van der Waals surface area (Å²) in [4.78, 5) is 12.1. The van der Waals surface area contributed by atoms with E-state index in [1.807, 2.05) is 0 Å². The van der Waals surface area contributed by atoms with Gasteiger partial charge in [-0.3, -0.25) is 4.79 Å². The summed E-state index contributed by atoms with van der Waals surface area (Å²) in [6, 6.07) is 4.51. The molecule has 1 aliphatic heterocycles. The van der Waals surface area contributed by atoms with Gasteiger partial charge in [0.1, 0.15) is 5.82 Å². The molecule has 8 heteroatoms. The van der Waals surface area contributed by atoms with Crippen LogP contribution in [0.5, 0.6) is 17.2 Å². The van der Waals surface area contributed by atoms with E-state index in [-0.39, 0.29) is 22.6 Å². The number of hydrogen-bond donors (Lipinski definition) is 2. The van der Waals surface area contributed by atoms with Gasteiger partial charge >= 0.3 is 6.18 Å². The first-order valence-electron chi connectivity index (χ1n) is 6.54. The van der Waals surface area contributed by atoms with E-state index in [0.717, 1.165) is 18.2 Å². The molecule has 0 saturated heterocycles. The van der Waals surface area contributed by atoms with Crippen LogP contribution in [0.25, 0.3) is 6.08 Å². The van der Waals surface area contributed by atoms with E-state index in [1.54, 1.807) is 0 Å². The summed E-state index contributed by atoms with van der Waals surface area (Å²) >= 11 is 0. The van der Waals surface area contributed by atoms with Crippen LogP contribution < -0.4 is 4.74 Å². The molecule has 2 N–H and O–H groups in total. The predicted molar refractivity (Wildman–Crippen MR) is 74.1 cm³/mol. The molecule has 2 aromatic rings. The molecule has 24 heavy (non-hydrogen) atoms. The molecule has 0 saturated carbocycles. The average Bonchev–Trinajstić information content (AvgIpc) is 2.81. The highest BCUT2D eigenvalue weighted by Crippen LogP contribution is 2.44. The third kappa shape index (κ3) is 2.55. The number of fused-ring (bicyclic) bond motifs is 1. The molecule has 0 bridgehead atoms. The van der Waals surface area contributed by atoms with E-state index >= 15 is 0 Å². The summed E-state index contributed by atoms with van der Waals surface area (Å²) in [5, 5.41) is 19.0. The van der Waals surface area contributed by atoms with Crippen molar-refractivity contribution in [3.8, 4) is 17.2 Å². The second-order valence-corrected chi connectivity index (χ2v) is 4.99. The van der Waals surface area contributed by atoms with Crippen molar-refractivity contribution in [2.45, 2.75) is 6.18 Å². The van der Waals surface area contributed by atoms with Crippen molar-refractivity contribution < 1.29 is 37.3 Å². The van der Waals surface area contributed by atoms with Gasteiger partial charge in [-0.2, -0.15) is 13.2 Å². The lowest BCUT2D eigenvalue weighted by atomic mass is 10.1. The van der Waals surface area contributed by atoms with Gasteiger partial charge in [0.05, 0.1) is 11.1 Å². The van der Waals surface area contributed by atoms with Gasteiger partial charge in [0.25, 0.3) is 0 Å². The number of carbonyl (C=O) groups is 1. The number of benzene rings is 2. The number of ketones is 1. The number of Topliss-reactive ketones (excluding diaryl/α,β-unsaturated/α-hetero) is 1. The zero-order valence-electron chi connectivity index (χ0n) is 11.7. The van der Waals surface area contributed by atoms with Gasteiger partial charge < -0.3 is 14.9 Å². The molecule has 1 heterocycles. The van der Waals surface area contributed by atoms with Crippen LogP contribution in [0.15, 0.2) is 36.1 Å². The summed E-state index contributed by atoms with van der Waals surface area (Å²) in [7, 11) is 0. The van der Waals surface area contributed by atoms with E-state index < -0.39 is 34.8 Å². The van der Waals surface area contributed by atoms with Crippen molar-refractivity contribution in [3.63, 3.8) is 0 Å². The first-order valence-corrected chi connectivity index (χ1v) is 6.54. The number of aromatic hydroxyl groups is 2. The minimum absolute atomic E-state index is 0.0466. The molecule has 0 amide bonds. The fraction of sp³-hybridized carbons (Fsp3) is 0.0625. The Kier molecular flexibility index (Phi) is 3.47. The second-order valence-electron chi connectivity index (χ2n) is 4.99. The van der Waals surface area contributed by atoms with Gasteiger partial charge in [0.15, 0.2) is 17.3 Å². The van der Waals surface area contributed by atoms with Crippen LogP contribution in [0.2, 0.25) is 0 Å². The number of carbonyl (C=O) groups excluding carboxylic acids is 1. The number of halogens is 4. The third-order valence-corrected chi connectivity index (χ3v) is 3.38. The monoisotopic (exact) mass is 340 g/mol. The molecule has 4 nitrogen and oxygen atoms in total. The van der Waals surface area contributed by atoms with Crippen molar-refractivity contribution in [1.29, 1.82) is 0 Å². The predicted octanol–water partition coefficient (Wildman–Crippen LogP) is 3.87. The summed E-state index contributed by atoms with van der Waals surface area (Å²) < 4.78 is 56.5. The standard InChI is InChI=1S/C16H8F4O4/c17-10-3-1-7(5-9(10)16(18,19)20)6-12-13(22)8-2-4-11(21)14(23)15(8)24-12/h1-6,21,23H. The molecule has 0 unspecified atom stereocenters. The molecule has 0 aliphatic carbocycles. The molecule has 0 aromatic heterocycles. The lowest BCUT2D eigenvalue weighted by molar-refractivity contribution is -0.140. The summed E-state index contributed by atoms with van der Waals surface area (Å²) in [6.45, 7) is 0. The average molecular weight is 340 g/mol. The van der Waals surface area contributed by atoms with E-state index in [0.29, 0.717) is 12.1 Å². The van der Waals surface area contributed by atoms with Crippen LogP contribution in [-0.2, 0) is 6.18 Å². The number of phenols is 2. The molecule has 0 radical (unpaired) electrons. The quantitative estimate of drug-likeness (QED) is 0.470. The SMILES string of the molecule is O=C1C(=Cc2ccc(F)c(C(F)(F)F)c2)Oc2c1ccc(O)c2O. The maximum atomic E-state index is 13.3. The fourth-order valence-corrected chi connectivity index (χ4v) is 2.23. The highest BCUT2D eigenvalue weighted by Gasteiger charge is 2.35. The Morgan fingerprint density at radius 2 is 1.79 bits per heavy atom. The van der Waals surface area contributed by atoms with Crippen LogP contribution in [0.1, 0.15) is 21.5 Å². The molecular weight excluding hydrogens is 332 g/mol. The molecule has 124 valence electrons. The highest BCUT2D eigenvalue weighted by atomic mass is 19.4. The van der Waals surface area contributed by atoms with Gasteiger partial charge in [-0.1, -0.05) is 6.07 Å². The highest BCUT2D eigenvalue weighted by molar-refractivity contribution is 6.15. The maximum absolute atomic E-state index is 13.3. The van der Waals surface area contributed by atoms with Crippen molar-refractivity contribution in [3.05, 3.63) is 58.6 Å². The molecular formula is C16H8F4O4. The van der Waals surface area contributed by atoms with E-state index in [9.17, 15) is 32.6 Å². The number of hydrogen-bond acceptors (Lipinski definition) is 4. The molecule has 3 rings (SSSR count). The maximum Gasteiger partial charge on any atom is 0.419 e. The minimum atomic E-state index is -4.88. The summed E-state index contributed by atoms with van der Waals surface area (Å²) in [5.74, 6) is -3.93. The number of phenolic OH excluding ortho intramolecular Hbond substituents is 2. The van der Waals surface area contributed by atoms with Crippen molar-refractivity contribution in [2.75, 3.05) is 0 Å². The Hall–Kier alpha value is -3.03. The second kappa shape index (κ2) is 5.26. The first-order chi connectivity index (χ1) is 11.2. The van der Waals surface area contributed by atoms with Gasteiger partial charge in [-0.25, -0.2) is 4.39 Å². The Morgan fingerprint density at radius 3 is 2.46 bits per heavy atom. The Balaban J connectivity index is 2.03. The molecule has 0 atom stereocenters. The first kappa shape index (κ1) is 15.9. The fourth-order valence-electron chi connectivity index (χ4n) is 2.23. The van der Waals surface area contributed by atoms with Crippen LogP contribution in [0.4, 0.5) is 17.6 Å². The van der Waals surface area contributed by atoms with Crippen LogP contribution in [0.3, 0.4) is 0 Å². The smallest absolute Gasteiger partial charge is 0.419 e. The van der Waals surface area contributed by atoms with E-state index in [1.165, 1.54) is 6.07 Å². The van der Waals surface area contributed by atoms with E-state index in [2.05, 4.69) is 0 Å². The van der Waals surface area contributed by atoms with Gasteiger partial charge in [-0.15, -0.1) is 0 Å². The van der Waals surface area contributed by atoms with Crippen molar-refractivity contribution in [2.24, 2.45) is 0 Å². The Morgan fingerprint density at radius 1 is 1.08 bits per heavy atom. The lowest BCUT2D eigenvalue weighted by Gasteiger charge is -2.08. The zero-order chi connectivity index (χ0) is 17.6. The van der Waals surface area contributed by atoms with Crippen molar-refractivity contribution >= 4 is 11.9 Å². The molecule has 1 aliphatic rings. The van der Waals surface area contributed by atoms with Gasteiger partial charge in [0, 0.05) is 0 Å². The lowest BCUT2D eigenvalue weighted by Crippen LogP contribution is -2.08. The third-order valence-electron chi connectivity index (χ3n) is 3.38. The normalized spacial score (nSPS) is 15.5. The molecule has 0 spiro atoms. The van der Waals surface area contributed by atoms with Crippen LogP contribution in [-0.4, -0.2) is 16.0 Å². The summed E-state index contributed by atoms with van der Waals surface area (Å²) in [6.07, 6.45) is -3.89. The molecule has 0 fully saturated rings. The minimum Gasteiger partial charge on any atom is -0.504 e. The van der Waals surface area contributed by atoms with Crippen molar-refractivity contribution in [1.82, 2.24) is 0 Å². The summed E-state index contributed by atoms with van der Waals surface area (Å²) in [5.41, 5.74) is -1.63. The molecule has 2 aromatic carbocycles. The number of alkyl halides is 3. The van der Waals surface area contributed by atoms with Gasteiger partial charge in [-0.05, 0) is 35.9 Å².